The second kappa shape index (κ2) is 3.66. The van der Waals surface area contributed by atoms with Gasteiger partial charge >= 0.3 is 0 Å². The number of nitrogen functional groups attached to an aromatic ring is 1. The van der Waals surface area contributed by atoms with Crippen LogP contribution in [0.3, 0.4) is 0 Å². The van der Waals surface area contributed by atoms with Crippen LogP contribution in [0.4, 0.5) is 5.69 Å². The molecule has 3 nitrogen and oxygen atoms in total. The van der Waals surface area contributed by atoms with Gasteiger partial charge in [0.2, 0.25) is 0 Å². The molecule has 3 rings (SSSR count). The summed E-state index contributed by atoms with van der Waals surface area (Å²) in [6.45, 7) is 1.14. The smallest absolute Gasteiger partial charge is 0.257 e. The molecule has 0 atom stereocenters. The van der Waals surface area contributed by atoms with Gasteiger partial charge in [-0.3, -0.25) is 0 Å². The summed E-state index contributed by atoms with van der Waals surface area (Å²) in [6, 6.07) is 6.15. The van der Waals surface area contributed by atoms with E-state index < -0.39 is 0 Å². The highest BCUT2D eigenvalue weighted by atomic mass is 127. The molecule has 0 saturated heterocycles. The van der Waals surface area contributed by atoms with Crippen LogP contribution in [0.1, 0.15) is 12.2 Å². The molecule has 0 bridgehead atoms. The Balaban J connectivity index is 0.000000853. The lowest BCUT2D eigenvalue weighted by Crippen LogP contribution is -3.00. The number of aryl methyl sites for hydroxylation is 2. The van der Waals surface area contributed by atoms with E-state index >= 15 is 0 Å². The minimum atomic E-state index is 0. The van der Waals surface area contributed by atoms with Crippen LogP contribution in [0.2, 0.25) is 0 Å². The molecular weight excluding hydrogens is 301 g/mol. The van der Waals surface area contributed by atoms with Crippen LogP contribution in [0.25, 0.3) is 11.0 Å². The molecule has 1 aromatic carbocycles. The van der Waals surface area contributed by atoms with Crippen molar-refractivity contribution in [2.24, 2.45) is 7.05 Å². The molecule has 0 unspecified atom stereocenters. The van der Waals surface area contributed by atoms with Crippen molar-refractivity contribution in [3.05, 3.63) is 24.0 Å². The number of hydrogen-bond donors (Lipinski definition) is 1. The van der Waals surface area contributed by atoms with Gasteiger partial charge in [0.15, 0.2) is 11.0 Å². The van der Waals surface area contributed by atoms with E-state index in [4.69, 9.17) is 5.73 Å². The Morgan fingerprint density at radius 2 is 2.20 bits per heavy atom. The highest BCUT2D eigenvalue weighted by Gasteiger charge is 2.26. The number of imidazole rings is 1. The Kier molecular flexibility index (Phi) is 2.62. The van der Waals surface area contributed by atoms with Gasteiger partial charge in [0.1, 0.15) is 0 Å². The Bertz CT molecular complexity index is 516. The summed E-state index contributed by atoms with van der Waals surface area (Å²) >= 11 is 0. The second-order valence-electron chi connectivity index (χ2n) is 3.98. The van der Waals surface area contributed by atoms with Crippen molar-refractivity contribution in [2.45, 2.75) is 19.4 Å². The summed E-state index contributed by atoms with van der Waals surface area (Å²) < 4.78 is 4.66. The SMILES string of the molecule is C[n+]1c2n(c3cc(N)ccc31)CCC2.[I-]. The number of benzene rings is 1. The van der Waals surface area contributed by atoms with Crippen molar-refractivity contribution in [2.75, 3.05) is 5.73 Å². The van der Waals surface area contributed by atoms with Gasteiger partial charge in [0, 0.05) is 11.8 Å². The summed E-state index contributed by atoms with van der Waals surface area (Å²) in [6.07, 6.45) is 2.44. The van der Waals surface area contributed by atoms with Crippen molar-refractivity contribution in [3.63, 3.8) is 0 Å². The Morgan fingerprint density at radius 1 is 1.40 bits per heavy atom. The Hall–Kier alpha value is -0.780. The van der Waals surface area contributed by atoms with Gasteiger partial charge in [-0.05, 0) is 18.6 Å². The molecule has 1 aliphatic rings. The van der Waals surface area contributed by atoms with Crippen molar-refractivity contribution >= 4 is 16.7 Å². The molecule has 4 heteroatoms. The Labute approximate surface area is 106 Å². The van der Waals surface area contributed by atoms with E-state index in [0.29, 0.717) is 0 Å². The molecule has 0 fully saturated rings. The molecule has 1 aliphatic heterocycles. The highest BCUT2D eigenvalue weighted by Crippen LogP contribution is 2.22. The van der Waals surface area contributed by atoms with E-state index in [0.717, 1.165) is 12.2 Å². The van der Waals surface area contributed by atoms with Crippen molar-refractivity contribution in [1.82, 2.24) is 4.57 Å². The molecule has 2 N–H and O–H groups in total. The number of nitrogens with zero attached hydrogens (tertiary/aromatic N) is 2. The fourth-order valence-corrected chi connectivity index (χ4v) is 2.45. The predicted molar refractivity (Wildman–Crippen MR) is 55.8 cm³/mol. The van der Waals surface area contributed by atoms with Crippen molar-refractivity contribution in [3.8, 4) is 0 Å². The van der Waals surface area contributed by atoms with Crippen LogP contribution >= 0.6 is 0 Å². The first-order valence-corrected chi connectivity index (χ1v) is 5.04. The van der Waals surface area contributed by atoms with E-state index in [1.54, 1.807) is 0 Å². The maximum Gasteiger partial charge on any atom is 0.257 e. The number of aromatic nitrogens is 2. The quantitative estimate of drug-likeness (QED) is 0.341. The van der Waals surface area contributed by atoms with Crippen LogP contribution in [-0.4, -0.2) is 4.57 Å². The number of rotatable bonds is 0. The van der Waals surface area contributed by atoms with Gasteiger partial charge in [-0.2, -0.15) is 0 Å². The third-order valence-electron chi connectivity index (χ3n) is 3.13. The third-order valence-corrected chi connectivity index (χ3v) is 3.13. The van der Waals surface area contributed by atoms with Gasteiger partial charge in [-0.1, -0.05) is 0 Å². The summed E-state index contributed by atoms with van der Waals surface area (Å²) in [4.78, 5) is 0. The summed E-state index contributed by atoms with van der Waals surface area (Å²) in [5, 5.41) is 0. The molecule has 0 radical (unpaired) electrons. The standard InChI is InChI=1S/C11H14N3.HI/c1-13-9-5-4-8(12)7-10(9)14-6-2-3-11(13)14;/h4-5,7H,2-3,6,12H2,1H3;1H/q+1;/p-1. The fraction of sp³-hybridized carbons (Fsp3) is 0.364. The topological polar surface area (TPSA) is 34.8 Å². The molecule has 2 heterocycles. The normalized spacial score (nSPS) is 13.9. The minimum absolute atomic E-state index is 0. The van der Waals surface area contributed by atoms with Crippen LogP contribution in [-0.2, 0) is 20.0 Å². The fourth-order valence-electron chi connectivity index (χ4n) is 2.45. The number of halogens is 1. The molecule has 0 saturated carbocycles. The lowest BCUT2D eigenvalue weighted by molar-refractivity contribution is -0.653. The van der Waals surface area contributed by atoms with E-state index in [2.05, 4.69) is 28.3 Å². The average molecular weight is 315 g/mol. The second-order valence-corrected chi connectivity index (χ2v) is 3.98. The van der Waals surface area contributed by atoms with E-state index in [1.165, 1.54) is 29.7 Å². The van der Waals surface area contributed by atoms with Crippen molar-refractivity contribution in [1.29, 1.82) is 0 Å². The maximum absolute atomic E-state index is 5.80. The summed E-state index contributed by atoms with van der Waals surface area (Å²) in [5.74, 6) is 1.42. The highest BCUT2D eigenvalue weighted by molar-refractivity contribution is 5.76. The lowest BCUT2D eigenvalue weighted by atomic mass is 10.2. The van der Waals surface area contributed by atoms with Crippen molar-refractivity contribution < 1.29 is 28.5 Å². The van der Waals surface area contributed by atoms with Crippen LogP contribution in [0.15, 0.2) is 18.2 Å². The first kappa shape index (κ1) is 10.7. The number of hydrogen-bond acceptors (Lipinski definition) is 1. The molecule has 1 aromatic heterocycles. The van der Waals surface area contributed by atoms with E-state index in [9.17, 15) is 0 Å². The summed E-state index contributed by atoms with van der Waals surface area (Å²) in [5.41, 5.74) is 9.22. The van der Waals surface area contributed by atoms with Crippen LogP contribution in [0.5, 0.6) is 0 Å². The number of nitrogens with two attached hydrogens (primary N) is 1. The molecular formula is C11H14IN3. The lowest BCUT2D eigenvalue weighted by Gasteiger charge is -1.93. The number of fused-ring (bicyclic) bond motifs is 3. The average Bonchev–Trinajstić information content (AvgIpc) is 2.71. The van der Waals surface area contributed by atoms with Gasteiger partial charge < -0.3 is 29.7 Å². The van der Waals surface area contributed by atoms with Gasteiger partial charge in [-0.15, -0.1) is 0 Å². The first-order valence-electron chi connectivity index (χ1n) is 5.04. The summed E-state index contributed by atoms with van der Waals surface area (Å²) in [7, 11) is 2.13. The molecule has 0 spiro atoms. The molecule has 0 aliphatic carbocycles. The third kappa shape index (κ3) is 1.42. The van der Waals surface area contributed by atoms with Gasteiger partial charge in [0.25, 0.3) is 5.82 Å². The number of anilines is 1. The zero-order valence-electron chi connectivity index (χ0n) is 8.70. The predicted octanol–water partition coefficient (Wildman–Crippen LogP) is -2.00. The monoisotopic (exact) mass is 315 g/mol. The Morgan fingerprint density at radius 3 is 3.00 bits per heavy atom. The van der Waals surface area contributed by atoms with Gasteiger partial charge in [0.05, 0.1) is 20.0 Å². The minimum Gasteiger partial charge on any atom is -1.00 e. The first-order chi connectivity index (χ1) is 6.77. The van der Waals surface area contributed by atoms with Gasteiger partial charge in [-0.25, -0.2) is 9.13 Å². The van der Waals surface area contributed by atoms with Crippen LogP contribution in [0, 0.1) is 0 Å². The van der Waals surface area contributed by atoms with E-state index in [1.807, 2.05) is 6.07 Å². The zero-order valence-corrected chi connectivity index (χ0v) is 10.9. The molecule has 15 heavy (non-hydrogen) atoms. The molecule has 80 valence electrons. The molecule has 2 aromatic rings. The largest absolute Gasteiger partial charge is 1.00 e. The maximum atomic E-state index is 5.80. The van der Waals surface area contributed by atoms with Crippen LogP contribution < -0.4 is 34.3 Å². The zero-order chi connectivity index (χ0) is 9.71. The molecule has 0 amide bonds. The van der Waals surface area contributed by atoms with E-state index in [-0.39, 0.29) is 24.0 Å².